The lowest BCUT2D eigenvalue weighted by Crippen LogP contribution is -2.46. The van der Waals surface area contributed by atoms with Gasteiger partial charge in [-0.3, -0.25) is 10.2 Å². The Hall–Kier alpha value is -0.750. The summed E-state index contributed by atoms with van der Waals surface area (Å²) in [5.74, 6) is 0.177. The van der Waals surface area contributed by atoms with Gasteiger partial charge in [0.25, 0.3) is 0 Å². The predicted octanol–water partition coefficient (Wildman–Crippen LogP) is 0.428. The van der Waals surface area contributed by atoms with E-state index in [-0.39, 0.29) is 6.61 Å². The van der Waals surface area contributed by atoms with E-state index in [9.17, 15) is 13.6 Å². The molecule has 1 rings (SSSR count). The standard InChI is InChI=1S/C8H14F2N2O2/c9-8(10,7(13)12-11)5-14-4-3-6-1-2-6/h6H,1-5,11H2,(H,12,13). The van der Waals surface area contributed by atoms with Crippen LogP contribution in [0.1, 0.15) is 19.3 Å². The molecule has 0 radical (unpaired) electrons. The second kappa shape index (κ2) is 4.65. The number of rotatable bonds is 6. The fourth-order valence-corrected chi connectivity index (χ4v) is 1.03. The van der Waals surface area contributed by atoms with Crippen LogP contribution in [0.3, 0.4) is 0 Å². The lowest BCUT2D eigenvalue weighted by molar-refractivity contribution is -0.154. The van der Waals surface area contributed by atoms with Crippen molar-refractivity contribution in [3.63, 3.8) is 0 Å². The van der Waals surface area contributed by atoms with Gasteiger partial charge in [0.05, 0.1) is 0 Å². The van der Waals surface area contributed by atoms with Crippen molar-refractivity contribution in [1.29, 1.82) is 0 Å². The Morgan fingerprint density at radius 2 is 2.21 bits per heavy atom. The maximum Gasteiger partial charge on any atom is 0.348 e. The minimum atomic E-state index is -3.53. The number of carbonyl (C=O) groups is 1. The van der Waals surface area contributed by atoms with Crippen LogP contribution in [0.5, 0.6) is 0 Å². The molecule has 0 aliphatic heterocycles. The molecule has 1 aliphatic carbocycles. The number of hydrogen-bond donors (Lipinski definition) is 2. The molecule has 0 atom stereocenters. The molecule has 0 heterocycles. The van der Waals surface area contributed by atoms with Crippen molar-refractivity contribution in [3.05, 3.63) is 0 Å². The van der Waals surface area contributed by atoms with E-state index in [1.165, 1.54) is 5.43 Å². The van der Waals surface area contributed by atoms with Gasteiger partial charge in [0.15, 0.2) is 0 Å². The van der Waals surface area contributed by atoms with Crippen LogP contribution >= 0.6 is 0 Å². The first kappa shape index (κ1) is 11.3. The van der Waals surface area contributed by atoms with Crippen LogP contribution in [0.2, 0.25) is 0 Å². The third-order valence-corrected chi connectivity index (χ3v) is 2.11. The smallest absolute Gasteiger partial charge is 0.348 e. The predicted molar refractivity (Wildman–Crippen MR) is 45.4 cm³/mol. The number of hydrogen-bond acceptors (Lipinski definition) is 3. The largest absolute Gasteiger partial charge is 0.375 e. The number of alkyl halides is 2. The molecule has 0 aromatic heterocycles. The summed E-state index contributed by atoms with van der Waals surface area (Å²) in [5.41, 5.74) is 1.40. The van der Waals surface area contributed by atoms with E-state index in [4.69, 9.17) is 4.74 Å². The second-order valence-corrected chi connectivity index (χ2v) is 3.46. The molecule has 1 saturated carbocycles. The Bertz CT molecular complexity index is 208. The highest BCUT2D eigenvalue weighted by Crippen LogP contribution is 2.32. The van der Waals surface area contributed by atoms with Crippen LogP contribution in [0.4, 0.5) is 8.78 Å². The van der Waals surface area contributed by atoms with Gasteiger partial charge in [-0.2, -0.15) is 8.78 Å². The van der Waals surface area contributed by atoms with Gasteiger partial charge in [0.2, 0.25) is 0 Å². The molecule has 1 aliphatic rings. The van der Waals surface area contributed by atoms with Gasteiger partial charge in [0, 0.05) is 6.61 Å². The van der Waals surface area contributed by atoms with Crippen LogP contribution in [-0.2, 0) is 9.53 Å². The zero-order valence-corrected chi connectivity index (χ0v) is 7.76. The minimum Gasteiger partial charge on any atom is -0.375 e. The lowest BCUT2D eigenvalue weighted by Gasteiger charge is -2.14. The number of nitrogens with two attached hydrogens (primary N) is 1. The Morgan fingerprint density at radius 3 is 2.71 bits per heavy atom. The number of carbonyl (C=O) groups excluding carboxylic acids is 1. The van der Waals surface area contributed by atoms with E-state index in [1.807, 2.05) is 0 Å². The first-order chi connectivity index (χ1) is 6.56. The van der Waals surface area contributed by atoms with E-state index < -0.39 is 18.4 Å². The van der Waals surface area contributed by atoms with Crippen LogP contribution < -0.4 is 11.3 Å². The number of amides is 1. The minimum absolute atomic E-state index is 0.276. The first-order valence-electron chi connectivity index (χ1n) is 4.53. The van der Waals surface area contributed by atoms with Crippen LogP contribution in [0.15, 0.2) is 0 Å². The summed E-state index contributed by atoms with van der Waals surface area (Å²) in [6, 6.07) is 0. The molecule has 82 valence electrons. The molecule has 0 aromatic rings. The lowest BCUT2D eigenvalue weighted by atomic mass is 10.3. The normalized spacial score (nSPS) is 16.8. The van der Waals surface area contributed by atoms with Gasteiger partial charge in [-0.25, -0.2) is 5.84 Å². The maximum absolute atomic E-state index is 12.7. The highest BCUT2D eigenvalue weighted by molar-refractivity contribution is 5.82. The summed E-state index contributed by atoms with van der Waals surface area (Å²) < 4.78 is 30.2. The van der Waals surface area contributed by atoms with Gasteiger partial charge in [-0.1, -0.05) is 12.8 Å². The molecule has 0 unspecified atom stereocenters. The average Bonchev–Trinajstić information content (AvgIpc) is 2.94. The molecule has 1 amide bonds. The molecule has 4 nitrogen and oxygen atoms in total. The van der Waals surface area contributed by atoms with E-state index in [0.29, 0.717) is 5.92 Å². The van der Waals surface area contributed by atoms with Gasteiger partial charge >= 0.3 is 11.8 Å². The van der Waals surface area contributed by atoms with Gasteiger partial charge in [0.1, 0.15) is 6.61 Å². The van der Waals surface area contributed by atoms with E-state index in [0.717, 1.165) is 19.3 Å². The zero-order chi connectivity index (χ0) is 10.6. The van der Waals surface area contributed by atoms with E-state index in [2.05, 4.69) is 5.84 Å². The highest BCUT2D eigenvalue weighted by atomic mass is 19.3. The van der Waals surface area contributed by atoms with Gasteiger partial charge in [-0.05, 0) is 12.3 Å². The molecule has 0 spiro atoms. The van der Waals surface area contributed by atoms with Crippen LogP contribution in [-0.4, -0.2) is 25.0 Å². The Kier molecular flexibility index (Phi) is 3.77. The van der Waals surface area contributed by atoms with Crippen molar-refractivity contribution in [3.8, 4) is 0 Å². The molecule has 0 aromatic carbocycles. The highest BCUT2D eigenvalue weighted by Gasteiger charge is 2.38. The molecule has 0 saturated heterocycles. The van der Waals surface area contributed by atoms with Crippen molar-refractivity contribution >= 4 is 5.91 Å². The molecule has 6 heteroatoms. The summed E-state index contributed by atoms with van der Waals surface area (Å²) in [5, 5.41) is 0. The third kappa shape index (κ3) is 3.55. The monoisotopic (exact) mass is 208 g/mol. The first-order valence-corrected chi connectivity index (χ1v) is 4.53. The quantitative estimate of drug-likeness (QED) is 0.288. The zero-order valence-electron chi connectivity index (χ0n) is 7.76. The van der Waals surface area contributed by atoms with Crippen LogP contribution in [0, 0.1) is 5.92 Å². The topological polar surface area (TPSA) is 64.3 Å². The van der Waals surface area contributed by atoms with Crippen LogP contribution in [0.25, 0.3) is 0 Å². The summed E-state index contributed by atoms with van der Waals surface area (Å²) in [6.45, 7) is -0.624. The van der Waals surface area contributed by atoms with Gasteiger partial charge < -0.3 is 4.74 Å². The molecule has 1 fully saturated rings. The van der Waals surface area contributed by atoms with Crippen molar-refractivity contribution in [2.24, 2.45) is 11.8 Å². The number of nitrogens with one attached hydrogen (secondary N) is 1. The van der Waals surface area contributed by atoms with Crippen molar-refractivity contribution in [2.45, 2.75) is 25.2 Å². The van der Waals surface area contributed by atoms with Crippen molar-refractivity contribution < 1.29 is 18.3 Å². The maximum atomic E-state index is 12.7. The van der Waals surface area contributed by atoms with E-state index >= 15 is 0 Å². The van der Waals surface area contributed by atoms with Crippen molar-refractivity contribution in [1.82, 2.24) is 5.43 Å². The summed E-state index contributed by atoms with van der Waals surface area (Å²) in [6.07, 6.45) is 3.10. The second-order valence-electron chi connectivity index (χ2n) is 3.46. The molecular weight excluding hydrogens is 194 g/mol. The number of ether oxygens (including phenoxy) is 1. The average molecular weight is 208 g/mol. The fourth-order valence-electron chi connectivity index (χ4n) is 1.03. The molecule has 0 bridgehead atoms. The summed E-state index contributed by atoms with van der Waals surface area (Å²) in [4.78, 5) is 10.5. The summed E-state index contributed by atoms with van der Waals surface area (Å²) in [7, 11) is 0. The molecule has 14 heavy (non-hydrogen) atoms. The van der Waals surface area contributed by atoms with Crippen molar-refractivity contribution in [2.75, 3.05) is 13.2 Å². The number of hydrazine groups is 1. The van der Waals surface area contributed by atoms with Gasteiger partial charge in [-0.15, -0.1) is 0 Å². The Morgan fingerprint density at radius 1 is 1.57 bits per heavy atom. The Balaban J connectivity index is 2.10. The van der Waals surface area contributed by atoms with E-state index in [1.54, 1.807) is 0 Å². The SMILES string of the molecule is NNC(=O)C(F)(F)COCCC1CC1. The Labute approximate surface area is 80.8 Å². The summed E-state index contributed by atoms with van der Waals surface area (Å²) >= 11 is 0. The molecular formula is C8H14F2N2O2. The molecule has 3 N–H and O–H groups in total. The third-order valence-electron chi connectivity index (χ3n) is 2.11. The number of halogens is 2. The fraction of sp³-hybridized carbons (Fsp3) is 0.875.